The SMILES string of the molecule is NC(=O)CCN(C(=O)COC(=O)c1ccccc1I)c1ccccc1. The maximum absolute atomic E-state index is 12.5. The molecule has 0 bridgehead atoms. The Morgan fingerprint density at radius 1 is 1.00 bits per heavy atom. The predicted octanol–water partition coefficient (Wildman–Crippen LogP) is 2.36. The smallest absolute Gasteiger partial charge is 0.339 e. The largest absolute Gasteiger partial charge is 0.452 e. The molecule has 0 radical (unpaired) electrons. The van der Waals surface area contributed by atoms with Gasteiger partial charge in [-0.2, -0.15) is 0 Å². The standard InChI is InChI=1S/C18H17IN2O4/c19-15-9-5-4-8-14(15)18(24)25-12-17(23)21(11-10-16(20)22)13-6-2-1-3-7-13/h1-9H,10-12H2,(H2,20,22). The molecule has 2 N–H and O–H groups in total. The van der Waals surface area contributed by atoms with Gasteiger partial charge in [-0.15, -0.1) is 0 Å². The van der Waals surface area contributed by atoms with Gasteiger partial charge in [-0.25, -0.2) is 4.79 Å². The van der Waals surface area contributed by atoms with E-state index in [1.165, 1.54) is 4.90 Å². The van der Waals surface area contributed by atoms with Crippen molar-refractivity contribution >= 4 is 46.1 Å². The molecule has 6 nitrogen and oxygen atoms in total. The van der Waals surface area contributed by atoms with Crippen molar-refractivity contribution in [1.82, 2.24) is 0 Å². The van der Waals surface area contributed by atoms with Gasteiger partial charge in [0.05, 0.1) is 5.56 Å². The molecular weight excluding hydrogens is 435 g/mol. The van der Waals surface area contributed by atoms with E-state index < -0.39 is 24.4 Å². The number of anilines is 1. The number of para-hydroxylation sites is 1. The molecule has 2 aromatic rings. The summed E-state index contributed by atoms with van der Waals surface area (Å²) < 4.78 is 5.87. The van der Waals surface area contributed by atoms with Crippen molar-refractivity contribution < 1.29 is 19.1 Å². The van der Waals surface area contributed by atoms with Gasteiger partial charge in [0.25, 0.3) is 5.91 Å². The van der Waals surface area contributed by atoms with Crippen LogP contribution in [0.1, 0.15) is 16.8 Å². The summed E-state index contributed by atoms with van der Waals surface area (Å²) in [5, 5.41) is 0. The molecule has 0 aliphatic rings. The fourth-order valence-corrected chi connectivity index (χ4v) is 2.75. The van der Waals surface area contributed by atoms with Crippen molar-refractivity contribution in [3.8, 4) is 0 Å². The van der Waals surface area contributed by atoms with Crippen molar-refractivity contribution in [1.29, 1.82) is 0 Å². The van der Waals surface area contributed by atoms with Crippen LogP contribution in [-0.2, 0) is 14.3 Å². The van der Waals surface area contributed by atoms with Crippen molar-refractivity contribution in [2.75, 3.05) is 18.1 Å². The summed E-state index contributed by atoms with van der Waals surface area (Å²) in [6, 6.07) is 15.8. The number of hydrogen-bond donors (Lipinski definition) is 1. The topological polar surface area (TPSA) is 89.7 Å². The average Bonchev–Trinajstić information content (AvgIpc) is 2.61. The van der Waals surface area contributed by atoms with E-state index >= 15 is 0 Å². The lowest BCUT2D eigenvalue weighted by Gasteiger charge is -2.22. The number of carbonyl (C=O) groups excluding carboxylic acids is 3. The van der Waals surface area contributed by atoms with Crippen LogP contribution in [0.4, 0.5) is 5.69 Å². The van der Waals surface area contributed by atoms with Gasteiger partial charge in [-0.3, -0.25) is 9.59 Å². The minimum Gasteiger partial charge on any atom is -0.452 e. The number of rotatable bonds is 7. The van der Waals surface area contributed by atoms with E-state index in [1.807, 2.05) is 34.7 Å². The first-order valence-corrected chi connectivity index (χ1v) is 8.62. The molecule has 0 heterocycles. The summed E-state index contributed by atoms with van der Waals surface area (Å²) in [6.45, 7) is -0.296. The third kappa shape index (κ3) is 5.56. The number of halogens is 1. The highest BCUT2D eigenvalue weighted by Gasteiger charge is 2.19. The molecule has 0 aliphatic carbocycles. The summed E-state index contributed by atoms with van der Waals surface area (Å²) in [5.41, 5.74) is 6.18. The summed E-state index contributed by atoms with van der Waals surface area (Å²) in [6.07, 6.45) is 0.0190. The normalized spacial score (nSPS) is 10.1. The van der Waals surface area contributed by atoms with Gasteiger partial charge in [0.1, 0.15) is 0 Å². The van der Waals surface area contributed by atoms with Gasteiger partial charge in [0.2, 0.25) is 5.91 Å². The third-order valence-corrected chi connectivity index (χ3v) is 4.31. The van der Waals surface area contributed by atoms with Crippen molar-refractivity contribution in [2.45, 2.75) is 6.42 Å². The first-order chi connectivity index (χ1) is 12.0. The van der Waals surface area contributed by atoms with E-state index in [9.17, 15) is 14.4 Å². The third-order valence-electron chi connectivity index (χ3n) is 3.37. The number of benzene rings is 2. The minimum atomic E-state index is -0.568. The van der Waals surface area contributed by atoms with Gasteiger partial charge in [-0.1, -0.05) is 30.3 Å². The Balaban J connectivity index is 2.05. The Labute approximate surface area is 159 Å². The van der Waals surface area contributed by atoms with Gasteiger partial charge in [0.15, 0.2) is 6.61 Å². The van der Waals surface area contributed by atoms with Crippen LogP contribution in [0, 0.1) is 3.57 Å². The van der Waals surface area contributed by atoms with Crippen LogP contribution in [-0.4, -0.2) is 30.9 Å². The highest BCUT2D eigenvalue weighted by molar-refractivity contribution is 14.1. The van der Waals surface area contributed by atoms with Crippen molar-refractivity contribution in [2.24, 2.45) is 5.73 Å². The van der Waals surface area contributed by atoms with E-state index in [0.29, 0.717) is 11.3 Å². The highest BCUT2D eigenvalue weighted by atomic mass is 127. The molecule has 0 aromatic heterocycles. The Hall–Kier alpha value is -2.42. The first kappa shape index (κ1) is 18.9. The Morgan fingerprint density at radius 3 is 2.28 bits per heavy atom. The number of nitrogens with two attached hydrogens (primary N) is 1. The van der Waals surface area contributed by atoms with E-state index in [0.717, 1.165) is 3.57 Å². The molecule has 2 aromatic carbocycles. The molecule has 2 amide bonds. The highest BCUT2D eigenvalue weighted by Crippen LogP contribution is 2.15. The van der Waals surface area contributed by atoms with Crippen molar-refractivity contribution in [3.63, 3.8) is 0 Å². The van der Waals surface area contributed by atoms with E-state index in [2.05, 4.69) is 0 Å². The lowest BCUT2D eigenvalue weighted by atomic mass is 10.2. The average molecular weight is 452 g/mol. The minimum absolute atomic E-state index is 0.0190. The van der Waals surface area contributed by atoms with E-state index in [-0.39, 0.29) is 13.0 Å². The Morgan fingerprint density at radius 2 is 1.64 bits per heavy atom. The lowest BCUT2D eigenvalue weighted by Crippen LogP contribution is -2.37. The number of hydrogen-bond acceptors (Lipinski definition) is 4. The molecule has 0 fully saturated rings. The lowest BCUT2D eigenvalue weighted by molar-refractivity contribution is -0.121. The zero-order valence-electron chi connectivity index (χ0n) is 13.4. The second-order valence-corrected chi connectivity index (χ2v) is 6.32. The zero-order valence-corrected chi connectivity index (χ0v) is 15.5. The number of primary amides is 1. The molecule has 0 aliphatic heterocycles. The fraction of sp³-hybridized carbons (Fsp3) is 0.167. The van der Waals surface area contributed by atoms with Crippen LogP contribution in [0.15, 0.2) is 54.6 Å². The van der Waals surface area contributed by atoms with Crippen molar-refractivity contribution in [3.05, 3.63) is 63.7 Å². The molecule has 0 saturated heterocycles. The quantitative estimate of drug-likeness (QED) is 0.516. The molecule has 2 rings (SSSR count). The van der Waals surface area contributed by atoms with Crippen LogP contribution in [0.25, 0.3) is 0 Å². The number of carbonyl (C=O) groups is 3. The van der Waals surface area contributed by atoms with Gasteiger partial charge in [-0.05, 0) is 46.9 Å². The van der Waals surface area contributed by atoms with E-state index in [1.54, 1.807) is 42.5 Å². The number of ether oxygens (including phenoxy) is 1. The first-order valence-electron chi connectivity index (χ1n) is 7.54. The number of nitrogens with zero attached hydrogens (tertiary/aromatic N) is 1. The maximum Gasteiger partial charge on any atom is 0.339 e. The van der Waals surface area contributed by atoms with Crippen LogP contribution in [0.3, 0.4) is 0 Å². The fourth-order valence-electron chi connectivity index (χ4n) is 2.14. The van der Waals surface area contributed by atoms with Crippen LogP contribution in [0.2, 0.25) is 0 Å². The van der Waals surface area contributed by atoms with Crippen LogP contribution in [0.5, 0.6) is 0 Å². The second-order valence-electron chi connectivity index (χ2n) is 5.15. The predicted molar refractivity (Wildman–Crippen MR) is 102 cm³/mol. The van der Waals surface area contributed by atoms with Crippen LogP contribution < -0.4 is 10.6 Å². The number of amides is 2. The summed E-state index contributed by atoms with van der Waals surface area (Å²) in [7, 11) is 0. The Kier molecular flexibility index (Phi) is 6.93. The summed E-state index contributed by atoms with van der Waals surface area (Å²) >= 11 is 2.03. The second kappa shape index (κ2) is 9.16. The molecule has 0 saturated carbocycles. The number of esters is 1. The molecule has 0 unspecified atom stereocenters. The van der Waals surface area contributed by atoms with Crippen LogP contribution >= 0.6 is 22.6 Å². The van der Waals surface area contributed by atoms with Gasteiger partial charge in [0, 0.05) is 22.2 Å². The Bertz CT molecular complexity index is 765. The summed E-state index contributed by atoms with van der Waals surface area (Å²) in [4.78, 5) is 37.0. The monoisotopic (exact) mass is 452 g/mol. The summed E-state index contributed by atoms with van der Waals surface area (Å²) in [5.74, 6) is -1.50. The molecule has 7 heteroatoms. The molecule has 0 spiro atoms. The molecule has 130 valence electrons. The zero-order chi connectivity index (χ0) is 18.2. The maximum atomic E-state index is 12.5. The van der Waals surface area contributed by atoms with E-state index in [4.69, 9.17) is 10.5 Å². The molecular formula is C18H17IN2O4. The van der Waals surface area contributed by atoms with Gasteiger partial charge >= 0.3 is 5.97 Å². The molecule has 0 atom stereocenters. The molecule has 25 heavy (non-hydrogen) atoms. The van der Waals surface area contributed by atoms with Gasteiger partial charge < -0.3 is 15.4 Å².